The number of fused-ring (bicyclic) bond motifs is 1. The molecule has 4 rings (SSSR count). The summed E-state index contributed by atoms with van der Waals surface area (Å²) in [5, 5.41) is 6.30. The lowest BCUT2D eigenvalue weighted by molar-refractivity contribution is -0.125. The van der Waals surface area contributed by atoms with Crippen molar-refractivity contribution in [3.8, 4) is 0 Å². The van der Waals surface area contributed by atoms with Crippen LogP contribution in [0.15, 0.2) is 30.5 Å². The zero-order valence-electron chi connectivity index (χ0n) is 24.0. The Hall–Kier alpha value is -3.25. The number of nitrogens with one attached hydrogen (secondary N) is 2. The molecule has 0 unspecified atom stereocenters. The molecule has 1 amide bonds. The summed E-state index contributed by atoms with van der Waals surface area (Å²) in [4.78, 5) is 29.7. The third-order valence-corrected chi connectivity index (χ3v) is 7.51. The summed E-state index contributed by atoms with van der Waals surface area (Å²) in [6.07, 6.45) is 6.46. The van der Waals surface area contributed by atoms with Crippen molar-refractivity contribution in [3.05, 3.63) is 47.2 Å². The maximum Gasteiger partial charge on any atom is 0.248 e. The molecule has 11 heteroatoms. The number of rotatable bonds is 15. The number of aryl methyl sites for hydroxylation is 1. The second-order valence-electron chi connectivity index (χ2n) is 10.6. The maximum atomic E-state index is 11.4. The van der Waals surface area contributed by atoms with Crippen LogP contribution in [-0.2, 0) is 22.7 Å². The first-order valence-electron chi connectivity index (χ1n) is 14.4. The first kappa shape index (κ1) is 29.7. The van der Waals surface area contributed by atoms with Gasteiger partial charge in [0.1, 0.15) is 12.1 Å². The van der Waals surface area contributed by atoms with E-state index in [1.54, 1.807) is 0 Å². The number of benzene rings is 1. The first-order chi connectivity index (χ1) is 19.5. The van der Waals surface area contributed by atoms with Crippen molar-refractivity contribution in [2.24, 2.45) is 5.90 Å². The molecule has 0 atom stereocenters. The zero-order chi connectivity index (χ0) is 28.3. The summed E-state index contributed by atoms with van der Waals surface area (Å²) < 4.78 is 2.22. The molecule has 218 valence electrons. The highest BCUT2D eigenvalue weighted by atomic mass is 16.6. The van der Waals surface area contributed by atoms with E-state index >= 15 is 0 Å². The van der Waals surface area contributed by atoms with Gasteiger partial charge in [0.2, 0.25) is 11.9 Å². The zero-order valence-corrected chi connectivity index (χ0v) is 24.0. The summed E-state index contributed by atoms with van der Waals surface area (Å²) >= 11 is 0. The number of nitrogens with zero attached hydrogens (tertiary/aromatic N) is 5. The number of carbonyl (C=O) groups excluding carboxylic acids is 1. The van der Waals surface area contributed by atoms with Crippen LogP contribution in [0.1, 0.15) is 49.3 Å². The van der Waals surface area contributed by atoms with Crippen LogP contribution in [0.25, 0.3) is 11.0 Å². The third-order valence-electron chi connectivity index (χ3n) is 7.51. The third kappa shape index (κ3) is 8.37. The molecule has 1 aliphatic rings. The topological polar surface area (TPSA) is 140 Å². The number of hydrogen-bond acceptors (Lipinski definition) is 9. The number of aromatic nitrogens is 3. The minimum Gasteiger partial charge on any atom is -0.368 e. The Bertz CT molecular complexity index is 1240. The molecule has 1 aromatic carbocycles. The van der Waals surface area contributed by atoms with Crippen molar-refractivity contribution in [3.63, 3.8) is 0 Å². The Labute approximate surface area is 237 Å². The number of unbranched alkanes of at least 4 members (excludes halogenated alkanes) is 2. The average molecular weight is 552 g/mol. The van der Waals surface area contributed by atoms with Gasteiger partial charge >= 0.3 is 0 Å². The Morgan fingerprint density at radius 2 is 1.82 bits per heavy atom. The summed E-state index contributed by atoms with van der Waals surface area (Å²) in [5.74, 6) is 5.86. The molecule has 2 aromatic heterocycles. The fourth-order valence-electron chi connectivity index (χ4n) is 5.27. The lowest BCUT2D eigenvalue weighted by atomic mass is 10.0. The predicted molar refractivity (Wildman–Crippen MR) is 160 cm³/mol. The second-order valence-corrected chi connectivity index (χ2v) is 10.6. The molecule has 40 heavy (non-hydrogen) atoms. The lowest BCUT2D eigenvalue weighted by Crippen LogP contribution is -2.46. The molecule has 1 aliphatic heterocycles. The van der Waals surface area contributed by atoms with E-state index in [-0.39, 0.29) is 12.5 Å². The van der Waals surface area contributed by atoms with Crippen molar-refractivity contribution >= 4 is 28.7 Å². The summed E-state index contributed by atoms with van der Waals surface area (Å²) in [6, 6.07) is 8.84. The highest BCUT2D eigenvalue weighted by Gasteiger charge is 2.17. The summed E-state index contributed by atoms with van der Waals surface area (Å²) in [5.41, 5.74) is 11.8. The van der Waals surface area contributed by atoms with Gasteiger partial charge in [0.15, 0.2) is 5.82 Å². The molecule has 0 saturated carbocycles. The van der Waals surface area contributed by atoms with Crippen molar-refractivity contribution in [1.29, 1.82) is 0 Å². The van der Waals surface area contributed by atoms with Gasteiger partial charge in [0, 0.05) is 58.6 Å². The number of amides is 1. The fraction of sp³-hybridized carbons (Fsp3) is 0.552. The van der Waals surface area contributed by atoms with Crippen molar-refractivity contribution in [2.45, 2.75) is 52.6 Å². The number of anilines is 2. The van der Waals surface area contributed by atoms with E-state index in [1.807, 2.05) is 6.07 Å². The van der Waals surface area contributed by atoms with E-state index in [0.717, 1.165) is 82.1 Å². The molecule has 1 saturated heterocycles. The Morgan fingerprint density at radius 1 is 1.02 bits per heavy atom. The monoisotopic (exact) mass is 551 g/mol. The van der Waals surface area contributed by atoms with Gasteiger partial charge in [0.05, 0.1) is 5.52 Å². The van der Waals surface area contributed by atoms with Gasteiger partial charge in [-0.15, -0.1) is 0 Å². The Morgan fingerprint density at radius 3 is 2.58 bits per heavy atom. The van der Waals surface area contributed by atoms with Gasteiger partial charge in [-0.2, -0.15) is 4.98 Å². The molecule has 0 aliphatic carbocycles. The minimum atomic E-state index is -0.172. The molecule has 6 N–H and O–H groups in total. The quantitative estimate of drug-likeness (QED) is 0.166. The van der Waals surface area contributed by atoms with Crippen molar-refractivity contribution in [1.82, 2.24) is 29.7 Å². The number of piperazine rings is 1. The second kappa shape index (κ2) is 14.9. The van der Waals surface area contributed by atoms with Crippen LogP contribution in [0.4, 0.5) is 11.8 Å². The Balaban J connectivity index is 1.29. The smallest absolute Gasteiger partial charge is 0.248 e. The molecular formula is C29H45N9O2. The van der Waals surface area contributed by atoms with Gasteiger partial charge in [-0.3, -0.25) is 14.5 Å². The predicted octanol–water partition coefficient (Wildman–Crippen LogP) is 2.49. The minimum absolute atomic E-state index is 0.0927. The fourth-order valence-corrected chi connectivity index (χ4v) is 5.27. The van der Waals surface area contributed by atoms with E-state index in [4.69, 9.17) is 11.6 Å². The lowest BCUT2D eigenvalue weighted by Gasteiger charge is -2.34. The Kier molecular flexibility index (Phi) is 11.1. The number of nitrogen functional groups attached to an aromatic ring is 1. The van der Waals surface area contributed by atoms with Crippen LogP contribution in [0.5, 0.6) is 0 Å². The summed E-state index contributed by atoms with van der Waals surface area (Å²) in [6.45, 7) is 12.7. The van der Waals surface area contributed by atoms with E-state index in [1.165, 1.54) is 29.5 Å². The first-order valence-corrected chi connectivity index (χ1v) is 14.4. The molecule has 11 nitrogen and oxygen atoms in total. The number of nitrogens with two attached hydrogens (primary N) is 2. The van der Waals surface area contributed by atoms with Crippen LogP contribution >= 0.6 is 0 Å². The van der Waals surface area contributed by atoms with E-state index in [2.05, 4.69) is 78.0 Å². The SMILES string of the molecule is CCCCCNc1nc(N)nc2ccn(Cc3ccc(CN4CCN(CCCNC(=O)CON)CC4)cc3C)c12. The molecular weight excluding hydrogens is 506 g/mol. The molecule has 0 bridgehead atoms. The molecule has 0 spiro atoms. The maximum absolute atomic E-state index is 11.4. The standard InChI is InChI=1S/C29H45N9O2/c1-3-4-5-10-33-28-27-25(34-29(30)35-28)9-13-38(27)20-24-8-7-23(18-22(24)2)19-37-16-14-36(15-17-37)12-6-11-32-26(39)21-40-31/h7-9,13,18H,3-6,10-12,14-17,19-21,31H2,1-2H3,(H,32,39)(H3,30,33,34,35). The average Bonchev–Trinajstić information content (AvgIpc) is 3.34. The van der Waals surface area contributed by atoms with Crippen molar-refractivity contribution in [2.75, 3.05) is 63.5 Å². The van der Waals surface area contributed by atoms with Crippen LogP contribution < -0.4 is 22.3 Å². The van der Waals surface area contributed by atoms with Crippen LogP contribution in [0.2, 0.25) is 0 Å². The summed E-state index contributed by atoms with van der Waals surface area (Å²) in [7, 11) is 0. The highest BCUT2D eigenvalue weighted by Crippen LogP contribution is 2.25. The van der Waals surface area contributed by atoms with E-state index in [9.17, 15) is 4.79 Å². The number of hydrogen-bond donors (Lipinski definition) is 4. The van der Waals surface area contributed by atoms with Gasteiger partial charge in [-0.1, -0.05) is 38.0 Å². The van der Waals surface area contributed by atoms with Crippen LogP contribution in [0.3, 0.4) is 0 Å². The van der Waals surface area contributed by atoms with E-state index < -0.39 is 0 Å². The largest absolute Gasteiger partial charge is 0.368 e. The molecule has 3 aromatic rings. The molecule has 3 heterocycles. The van der Waals surface area contributed by atoms with Gasteiger partial charge in [-0.05, 0) is 49.1 Å². The van der Waals surface area contributed by atoms with Gasteiger partial charge in [-0.25, -0.2) is 10.9 Å². The molecule has 0 radical (unpaired) electrons. The van der Waals surface area contributed by atoms with Crippen LogP contribution in [-0.4, -0.2) is 82.7 Å². The van der Waals surface area contributed by atoms with Gasteiger partial charge < -0.3 is 25.8 Å². The van der Waals surface area contributed by atoms with E-state index in [0.29, 0.717) is 12.5 Å². The van der Waals surface area contributed by atoms with Crippen LogP contribution in [0, 0.1) is 6.92 Å². The van der Waals surface area contributed by atoms with Crippen molar-refractivity contribution < 1.29 is 9.63 Å². The molecule has 1 fully saturated rings. The van der Waals surface area contributed by atoms with Gasteiger partial charge in [0.25, 0.3) is 0 Å². The highest BCUT2D eigenvalue weighted by molar-refractivity contribution is 5.87. The number of carbonyl (C=O) groups is 1. The normalized spacial score (nSPS) is 14.6.